The molecular formula is C46H67FN12O14. The van der Waals surface area contributed by atoms with Crippen molar-refractivity contribution in [3.8, 4) is 0 Å². The van der Waals surface area contributed by atoms with Crippen molar-refractivity contribution in [2.24, 2.45) is 23.7 Å². The van der Waals surface area contributed by atoms with Crippen molar-refractivity contribution >= 4 is 40.3 Å². The van der Waals surface area contributed by atoms with Crippen LogP contribution >= 0.6 is 0 Å². The summed E-state index contributed by atoms with van der Waals surface area (Å²) < 4.78 is 22.3. The molecule has 0 aliphatic carbocycles. The lowest BCUT2D eigenvalue weighted by Crippen LogP contribution is -2.45. The Labute approximate surface area is 420 Å². The van der Waals surface area contributed by atoms with E-state index >= 15 is 0 Å². The van der Waals surface area contributed by atoms with Gasteiger partial charge < -0.3 is 96.2 Å². The Bertz CT molecular complexity index is 2250. The Hall–Kier alpha value is -6.43. The molecule has 8 rings (SSSR count). The summed E-state index contributed by atoms with van der Waals surface area (Å²) in [4.78, 5) is 50.3. The minimum absolute atomic E-state index is 0.0499. The molecule has 8 heterocycles. The van der Waals surface area contributed by atoms with Gasteiger partial charge in [-0.15, -0.1) is 0 Å². The Balaban J connectivity index is 0.000000203. The second-order valence-corrected chi connectivity index (χ2v) is 17.6. The van der Waals surface area contributed by atoms with Gasteiger partial charge in [0.1, 0.15) is 5.82 Å². The molecule has 0 bridgehead atoms. The van der Waals surface area contributed by atoms with E-state index in [1.165, 1.54) is 24.5 Å². The fourth-order valence-corrected chi connectivity index (χ4v) is 8.20. The topological polar surface area (TPSA) is 369 Å². The zero-order valence-electron chi connectivity index (χ0n) is 40.7. The first-order valence-electron chi connectivity index (χ1n) is 23.5. The van der Waals surface area contributed by atoms with Gasteiger partial charge in [0.15, 0.2) is 24.4 Å². The van der Waals surface area contributed by atoms with Crippen molar-refractivity contribution in [1.82, 2.24) is 25.3 Å². The van der Waals surface area contributed by atoms with E-state index in [2.05, 4.69) is 35.1 Å². The van der Waals surface area contributed by atoms with E-state index in [4.69, 9.17) is 30.5 Å². The normalized spacial score (nSPS) is 23.6. The van der Waals surface area contributed by atoms with Crippen LogP contribution in [0.1, 0.15) is 25.7 Å². The number of nitrogens with two attached hydrogens (primary N) is 1. The number of piperidine rings is 4. The van der Waals surface area contributed by atoms with Crippen molar-refractivity contribution in [1.29, 1.82) is 0 Å². The summed E-state index contributed by atoms with van der Waals surface area (Å²) in [5.74, 6) is -0.664. The fraction of sp³-hybridized carbons (Fsp3) is 0.565. The first kappa shape index (κ1) is 59.1. The lowest BCUT2D eigenvalue weighted by Gasteiger charge is -2.37. The van der Waals surface area contributed by atoms with E-state index in [1.54, 1.807) is 38.6 Å². The molecule has 8 unspecified atom stereocenters. The van der Waals surface area contributed by atoms with E-state index in [0.29, 0.717) is 58.1 Å². The van der Waals surface area contributed by atoms with Gasteiger partial charge in [-0.25, -0.2) is 9.37 Å². The molecule has 0 spiro atoms. The number of methoxy groups -OCH3 is 2. The van der Waals surface area contributed by atoms with Crippen molar-refractivity contribution in [2.75, 3.05) is 113 Å². The third-order valence-corrected chi connectivity index (χ3v) is 12.5. The Morgan fingerprint density at radius 2 is 0.973 bits per heavy atom. The number of nitro groups is 3. The molecule has 0 saturated carbocycles. The average molecular weight is 1030 g/mol. The van der Waals surface area contributed by atoms with Crippen molar-refractivity contribution in [2.45, 2.75) is 50.1 Å². The average Bonchev–Trinajstić information content (AvgIpc) is 3.39. The van der Waals surface area contributed by atoms with Crippen LogP contribution in [0.25, 0.3) is 0 Å². The number of anilines is 4. The van der Waals surface area contributed by atoms with Crippen LogP contribution in [-0.2, 0) is 9.47 Å². The van der Waals surface area contributed by atoms with Gasteiger partial charge in [-0.05, 0) is 92.3 Å². The van der Waals surface area contributed by atoms with Crippen molar-refractivity contribution in [3.05, 3.63) is 109 Å². The first-order chi connectivity index (χ1) is 35.0. The molecule has 4 aliphatic rings. The highest BCUT2D eigenvalue weighted by Gasteiger charge is 2.31. The van der Waals surface area contributed by atoms with Crippen LogP contribution in [0.4, 0.5) is 44.7 Å². The highest BCUT2D eigenvalue weighted by Crippen LogP contribution is 2.27. The lowest BCUT2D eigenvalue weighted by atomic mass is 9.95. The molecule has 0 amide bonds. The number of aromatic nitrogens is 4. The predicted octanol–water partition coefficient (Wildman–Crippen LogP) is 1.57. The standard InChI is InChI=1S/C12H17N3O4.C12H19N3O2.C11H15N3O4.C6H13NO2.C5H3FN2O2/c1-19-8-9-7-14(5-4-11(9)16)10-2-3-12(13-6-10)15(17)18;1-17-8-9-7-15(5-4-11(9)16)10-2-3-12(13)14-6-10;15-7-8-6-13(4-3-10(8)16)9-1-2-11(12-5-9)14(17)18;8-4-5-3-7-2-1-6(5)9;6-4-1-2-5(7-3-4)8(9)10/h2-3,6,9,11,16H,4-5,7-8H2,1H3;2-3,6,9,11,16H,4-5,7-8H2,1H3,(H2,13,14);1-2,5,8,10,15-16H,3-4,6-7H2;5-9H,1-4H2;1-3H. The molecule has 0 radical (unpaired) electrons. The second-order valence-electron chi connectivity index (χ2n) is 17.6. The van der Waals surface area contributed by atoms with Gasteiger partial charge in [-0.1, -0.05) is 0 Å². The van der Waals surface area contributed by atoms with Crippen molar-refractivity contribution < 1.29 is 59.3 Å². The van der Waals surface area contributed by atoms with E-state index in [9.17, 15) is 50.1 Å². The maximum Gasteiger partial charge on any atom is 0.363 e. The number of nitrogens with zero attached hydrogens (tertiary/aromatic N) is 10. The van der Waals surface area contributed by atoms with Gasteiger partial charge in [0, 0.05) is 109 Å². The molecule has 4 saturated heterocycles. The number of nitrogen functional groups attached to an aromatic ring is 1. The minimum atomic E-state index is -0.681. The van der Waals surface area contributed by atoms with Gasteiger partial charge >= 0.3 is 17.5 Å². The smallest absolute Gasteiger partial charge is 0.363 e. The van der Waals surface area contributed by atoms with Crippen LogP contribution < -0.4 is 25.8 Å². The molecular weight excluding hydrogens is 964 g/mol. The summed E-state index contributed by atoms with van der Waals surface area (Å²) in [7, 11) is 3.27. The van der Waals surface area contributed by atoms with Crippen LogP contribution in [0.2, 0.25) is 0 Å². The van der Waals surface area contributed by atoms with E-state index in [1.807, 2.05) is 11.0 Å². The maximum absolute atomic E-state index is 12.1. The summed E-state index contributed by atoms with van der Waals surface area (Å²) in [5.41, 5.74) is 8.21. The fourth-order valence-electron chi connectivity index (χ4n) is 8.20. The van der Waals surface area contributed by atoms with Crippen LogP contribution in [0.15, 0.2) is 73.3 Å². The quantitative estimate of drug-likeness (QED) is 0.0737. The third kappa shape index (κ3) is 19.2. The Kier molecular flexibility index (Phi) is 24.8. The zero-order chi connectivity index (χ0) is 53.5. The molecule has 4 aromatic heterocycles. The number of aliphatic hydroxyl groups is 6. The highest BCUT2D eigenvalue weighted by atomic mass is 19.1. The van der Waals surface area contributed by atoms with E-state index in [-0.39, 0.29) is 72.7 Å². The number of hydrogen-bond donors (Lipinski definition) is 8. The number of aliphatic hydroxyl groups excluding tert-OH is 6. The van der Waals surface area contributed by atoms with Gasteiger partial charge in [-0.3, -0.25) is 0 Å². The molecule has 8 atom stereocenters. The Morgan fingerprint density at radius 3 is 1.30 bits per heavy atom. The van der Waals surface area contributed by atoms with Crippen LogP contribution in [0.3, 0.4) is 0 Å². The summed E-state index contributed by atoms with van der Waals surface area (Å²) >= 11 is 0. The summed E-state index contributed by atoms with van der Waals surface area (Å²) in [6, 6.07) is 11.8. The predicted molar refractivity (Wildman–Crippen MR) is 265 cm³/mol. The van der Waals surface area contributed by atoms with Crippen LogP contribution in [0, 0.1) is 59.8 Å². The Morgan fingerprint density at radius 1 is 0.589 bits per heavy atom. The van der Waals surface area contributed by atoms with Gasteiger partial charge in [0.25, 0.3) is 0 Å². The number of rotatable bonds is 12. The lowest BCUT2D eigenvalue weighted by molar-refractivity contribution is -0.389. The van der Waals surface area contributed by atoms with Gasteiger partial charge in [0.05, 0.1) is 67.5 Å². The SMILES string of the molecule is COCC1CN(c2ccc(N)nc2)CCC1O.COCC1CN(c2ccc([N+](=O)[O-])nc2)CCC1O.O=[N+]([O-])c1ccc(F)cn1.O=[N+]([O-])c1ccc(N2CCC(O)C(CO)C2)cn1.OCC1CNCCC1O. The van der Waals surface area contributed by atoms with E-state index < -0.39 is 26.7 Å². The number of hydrogen-bond acceptors (Lipinski definition) is 23. The largest absolute Gasteiger partial charge is 0.396 e. The second kappa shape index (κ2) is 30.6. The summed E-state index contributed by atoms with van der Waals surface area (Å²) in [6.45, 7) is 6.90. The summed E-state index contributed by atoms with van der Waals surface area (Å²) in [6.07, 6.45) is 6.87. The van der Waals surface area contributed by atoms with Crippen LogP contribution in [0.5, 0.6) is 0 Å². The minimum Gasteiger partial charge on any atom is -0.396 e. The zero-order valence-corrected chi connectivity index (χ0v) is 40.7. The third-order valence-electron chi connectivity index (χ3n) is 12.5. The molecule has 4 fully saturated rings. The van der Waals surface area contributed by atoms with Gasteiger partial charge in [-0.2, -0.15) is 0 Å². The van der Waals surface area contributed by atoms with E-state index in [0.717, 1.165) is 74.4 Å². The first-order valence-corrected chi connectivity index (χ1v) is 23.5. The molecule has 26 nitrogen and oxygen atoms in total. The number of ether oxygens (including phenoxy) is 2. The maximum atomic E-state index is 12.1. The summed E-state index contributed by atoms with van der Waals surface area (Å²) in [5, 5.41) is 90.4. The molecule has 402 valence electrons. The number of nitrogens with one attached hydrogen (secondary N) is 1. The molecule has 9 N–H and O–H groups in total. The van der Waals surface area contributed by atoms with Gasteiger partial charge in [0.2, 0.25) is 0 Å². The van der Waals surface area contributed by atoms with Crippen LogP contribution in [-0.4, -0.2) is 183 Å². The molecule has 0 aromatic carbocycles. The molecule has 27 heteroatoms. The number of pyridine rings is 4. The highest BCUT2D eigenvalue weighted by molar-refractivity contribution is 5.49. The molecule has 4 aromatic rings. The number of halogens is 1. The van der Waals surface area contributed by atoms with Crippen molar-refractivity contribution in [3.63, 3.8) is 0 Å². The molecule has 4 aliphatic heterocycles. The molecule has 73 heavy (non-hydrogen) atoms. The monoisotopic (exact) mass is 1030 g/mol.